The van der Waals surface area contributed by atoms with Crippen LogP contribution in [-0.4, -0.2) is 42.0 Å². The molecule has 2 rings (SSSR count). The van der Waals surface area contributed by atoms with Gasteiger partial charge in [-0.25, -0.2) is 4.98 Å². The number of hydrogen-bond acceptors (Lipinski definition) is 4. The molecule has 1 saturated heterocycles. The zero-order chi connectivity index (χ0) is 13.8. The van der Waals surface area contributed by atoms with Crippen LogP contribution in [0.1, 0.15) is 40.1 Å². The molecule has 1 aliphatic heterocycles. The zero-order valence-electron chi connectivity index (χ0n) is 12.0. The third-order valence-corrected chi connectivity index (χ3v) is 4.71. The first-order valence-electron chi connectivity index (χ1n) is 7.05. The van der Waals surface area contributed by atoms with E-state index in [-0.39, 0.29) is 5.91 Å². The number of hydrogen-bond donors (Lipinski definition) is 1. The predicted octanol–water partition coefficient (Wildman–Crippen LogP) is 2.22. The summed E-state index contributed by atoms with van der Waals surface area (Å²) >= 11 is 1.51. The van der Waals surface area contributed by atoms with E-state index < -0.39 is 0 Å². The first kappa shape index (κ1) is 14.5. The molecule has 106 valence electrons. The lowest BCUT2D eigenvalue weighted by atomic mass is 9.99. The number of aryl methyl sites for hydroxylation is 2. The molecule has 0 bridgehead atoms. The standard InChI is InChI=1S/C14H23N3OS/c1-4-17(9-12-6-5-7-15-8-12)14(18)13-10(2)16-11(3)19-13/h12,15H,4-9H2,1-3H3. The van der Waals surface area contributed by atoms with Crippen LogP contribution in [0.3, 0.4) is 0 Å². The fourth-order valence-corrected chi connectivity index (χ4v) is 3.51. The van der Waals surface area contributed by atoms with Crippen LogP contribution in [0.5, 0.6) is 0 Å². The fraction of sp³-hybridized carbons (Fsp3) is 0.714. The Labute approximate surface area is 119 Å². The fourth-order valence-electron chi connectivity index (χ4n) is 2.62. The summed E-state index contributed by atoms with van der Waals surface area (Å²) in [5.41, 5.74) is 0.868. The maximum Gasteiger partial charge on any atom is 0.265 e. The third kappa shape index (κ3) is 3.54. The van der Waals surface area contributed by atoms with Crippen molar-refractivity contribution in [1.82, 2.24) is 15.2 Å². The van der Waals surface area contributed by atoms with E-state index in [1.807, 2.05) is 18.7 Å². The molecule has 0 spiro atoms. The number of aromatic nitrogens is 1. The molecule has 1 aromatic heterocycles. The molecule has 1 unspecified atom stereocenters. The molecule has 19 heavy (non-hydrogen) atoms. The van der Waals surface area contributed by atoms with Gasteiger partial charge in [0.1, 0.15) is 4.88 Å². The topological polar surface area (TPSA) is 45.2 Å². The van der Waals surface area contributed by atoms with Crippen LogP contribution in [-0.2, 0) is 0 Å². The Kier molecular flexibility index (Phi) is 4.93. The molecule has 0 aromatic carbocycles. The molecular formula is C14H23N3OS. The van der Waals surface area contributed by atoms with Crippen molar-refractivity contribution in [2.24, 2.45) is 5.92 Å². The third-order valence-electron chi connectivity index (χ3n) is 3.64. The smallest absolute Gasteiger partial charge is 0.265 e. The van der Waals surface area contributed by atoms with Crippen molar-refractivity contribution in [3.63, 3.8) is 0 Å². The number of nitrogens with one attached hydrogen (secondary N) is 1. The molecule has 0 aliphatic carbocycles. The second kappa shape index (κ2) is 6.48. The number of thiazole rings is 1. The Hall–Kier alpha value is -0.940. The van der Waals surface area contributed by atoms with E-state index in [0.29, 0.717) is 5.92 Å². The Morgan fingerprint density at radius 1 is 1.53 bits per heavy atom. The highest BCUT2D eigenvalue weighted by Crippen LogP contribution is 2.20. The van der Waals surface area contributed by atoms with Gasteiger partial charge >= 0.3 is 0 Å². The summed E-state index contributed by atoms with van der Waals surface area (Å²) in [7, 11) is 0. The highest BCUT2D eigenvalue weighted by Gasteiger charge is 2.23. The lowest BCUT2D eigenvalue weighted by Gasteiger charge is -2.29. The summed E-state index contributed by atoms with van der Waals surface area (Å²) in [5.74, 6) is 0.739. The number of carbonyl (C=O) groups excluding carboxylic acids is 1. The molecule has 4 nitrogen and oxygen atoms in total. The minimum Gasteiger partial charge on any atom is -0.338 e. The van der Waals surface area contributed by atoms with Crippen LogP contribution in [0.2, 0.25) is 0 Å². The van der Waals surface area contributed by atoms with Crippen LogP contribution < -0.4 is 5.32 Å². The van der Waals surface area contributed by atoms with E-state index in [9.17, 15) is 4.79 Å². The Balaban J connectivity index is 2.04. The Bertz CT molecular complexity index is 438. The van der Waals surface area contributed by atoms with E-state index in [0.717, 1.165) is 41.8 Å². The number of carbonyl (C=O) groups is 1. The zero-order valence-corrected chi connectivity index (χ0v) is 12.8. The van der Waals surface area contributed by atoms with Crippen molar-refractivity contribution < 1.29 is 4.79 Å². The van der Waals surface area contributed by atoms with Gasteiger partial charge in [-0.1, -0.05) is 0 Å². The van der Waals surface area contributed by atoms with Gasteiger partial charge in [0.15, 0.2) is 0 Å². The summed E-state index contributed by atoms with van der Waals surface area (Å²) < 4.78 is 0. The molecule has 2 heterocycles. The van der Waals surface area contributed by atoms with Gasteiger partial charge in [-0.15, -0.1) is 11.3 Å². The molecule has 0 saturated carbocycles. The number of piperidine rings is 1. The SMILES string of the molecule is CCN(CC1CCCNC1)C(=O)c1sc(C)nc1C. The number of rotatable bonds is 4. The van der Waals surface area contributed by atoms with Gasteiger partial charge in [-0.3, -0.25) is 4.79 Å². The minimum absolute atomic E-state index is 0.149. The van der Waals surface area contributed by atoms with E-state index in [4.69, 9.17) is 0 Å². The Morgan fingerprint density at radius 3 is 2.84 bits per heavy atom. The molecule has 1 aliphatic rings. The first-order valence-corrected chi connectivity index (χ1v) is 7.87. The monoisotopic (exact) mass is 281 g/mol. The van der Waals surface area contributed by atoms with Crippen molar-refractivity contribution in [2.45, 2.75) is 33.6 Å². The molecule has 1 atom stereocenters. The predicted molar refractivity (Wildman–Crippen MR) is 78.8 cm³/mol. The van der Waals surface area contributed by atoms with Crippen molar-refractivity contribution in [1.29, 1.82) is 0 Å². The minimum atomic E-state index is 0.149. The molecule has 1 amide bonds. The first-order chi connectivity index (χ1) is 9.11. The molecule has 0 radical (unpaired) electrons. The second-order valence-electron chi connectivity index (χ2n) is 5.20. The van der Waals surface area contributed by atoms with Crippen LogP contribution in [0, 0.1) is 19.8 Å². The lowest BCUT2D eigenvalue weighted by Crippen LogP contribution is -2.40. The van der Waals surface area contributed by atoms with Crippen LogP contribution in [0.15, 0.2) is 0 Å². The summed E-state index contributed by atoms with van der Waals surface area (Å²) in [5, 5.41) is 4.38. The maximum atomic E-state index is 12.6. The maximum absolute atomic E-state index is 12.6. The molecule has 5 heteroatoms. The van der Waals surface area contributed by atoms with Gasteiger partial charge in [0.2, 0.25) is 0 Å². The van der Waals surface area contributed by atoms with Crippen molar-refractivity contribution in [3.05, 3.63) is 15.6 Å². The second-order valence-corrected chi connectivity index (χ2v) is 6.41. The van der Waals surface area contributed by atoms with E-state index in [1.165, 1.54) is 24.2 Å². The van der Waals surface area contributed by atoms with E-state index in [2.05, 4.69) is 17.2 Å². The lowest BCUT2D eigenvalue weighted by molar-refractivity contribution is 0.0733. The van der Waals surface area contributed by atoms with Gasteiger partial charge in [0, 0.05) is 13.1 Å². The largest absolute Gasteiger partial charge is 0.338 e. The van der Waals surface area contributed by atoms with Gasteiger partial charge in [0.05, 0.1) is 10.7 Å². The quantitative estimate of drug-likeness (QED) is 0.920. The van der Waals surface area contributed by atoms with E-state index >= 15 is 0 Å². The van der Waals surface area contributed by atoms with Gasteiger partial charge in [-0.2, -0.15) is 0 Å². The summed E-state index contributed by atoms with van der Waals surface area (Å²) in [6.07, 6.45) is 2.44. The van der Waals surface area contributed by atoms with Crippen molar-refractivity contribution in [3.8, 4) is 0 Å². The number of nitrogens with zero attached hydrogens (tertiary/aromatic N) is 2. The van der Waals surface area contributed by atoms with Crippen LogP contribution >= 0.6 is 11.3 Å². The molecule has 1 fully saturated rings. The van der Waals surface area contributed by atoms with Gasteiger partial charge < -0.3 is 10.2 Å². The van der Waals surface area contributed by atoms with Crippen molar-refractivity contribution in [2.75, 3.05) is 26.2 Å². The molecule has 1 N–H and O–H groups in total. The van der Waals surface area contributed by atoms with E-state index in [1.54, 1.807) is 0 Å². The average molecular weight is 281 g/mol. The normalized spacial score (nSPS) is 19.4. The van der Waals surface area contributed by atoms with Crippen LogP contribution in [0.25, 0.3) is 0 Å². The van der Waals surface area contributed by atoms with Crippen molar-refractivity contribution >= 4 is 17.2 Å². The summed E-state index contributed by atoms with van der Waals surface area (Å²) in [4.78, 5) is 19.7. The van der Waals surface area contributed by atoms with Crippen LogP contribution in [0.4, 0.5) is 0 Å². The average Bonchev–Trinajstić information content (AvgIpc) is 2.75. The summed E-state index contributed by atoms with van der Waals surface area (Å²) in [6, 6.07) is 0. The highest BCUT2D eigenvalue weighted by molar-refractivity contribution is 7.13. The van der Waals surface area contributed by atoms with Gasteiger partial charge in [0.25, 0.3) is 5.91 Å². The number of amides is 1. The highest BCUT2D eigenvalue weighted by atomic mass is 32.1. The van der Waals surface area contributed by atoms with Gasteiger partial charge in [-0.05, 0) is 52.6 Å². The Morgan fingerprint density at radius 2 is 2.32 bits per heavy atom. The summed E-state index contributed by atoms with van der Waals surface area (Å²) in [6.45, 7) is 9.71. The molecule has 1 aromatic rings. The molecular weight excluding hydrogens is 258 g/mol.